The largest absolute Gasteiger partial charge is 0.758 e. The number of hydroxylamine groups is 1. The SMILES string of the molecule is CC(C)(C)N([O-])c1cc(-c2ccc(Cl)c(Cl)c2)cc([N+](=O)C(C)(C)C)c1. The van der Waals surface area contributed by atoms with E-state index in [1.54, 1.807) is 30.3 Å². The van der Waals surface area contributed by atoms with Crippen LogP contribution in [-0.4, -0.2) is 15.8 Å². The number of benzene rings is 2. The van der Waals surface area contributed by atoms with Gasteiger partial charge in [0.1, 0.15) is 0 Å². The Morgan fingerprint density at radius 1 is 0.885 bits per heavy atom. The summed E-state index contributed by atoms with van der Waals surface area (Å²) < 4.78 is 0.911. The van der Waals surface area contributed by atoms with E-state index in [-0.39, 0.29) is 0 Å². The Kier molecular flexibility index (Phi) is 5.71. The second-order valence-electron chi connectivity index (χ2n) is 8.30. The maximum atomic E-state index is 12.7. The van der Waals surface area contributed by atoms with Gasteiger partial charge in [0.25, 0.3) is 5.69 Å². The van der Waals surface area contributed by atoms with Crippen molar-refractivity contribution in [3.05, 3.63) is 56.6 Å². The number of hydrogen-bond acceptors (Lipinski definition) is 3. The summed E-state index contributed by atoms with van der Waals surface area (Å²) >= 11 is 12.1. The van der Waals surface area contributed by atoms with Crippen molar-refractivity contribution in [2.45, 2.75) is 52.6 Å². The van der Waals surface area contributed by atoms with Crippen molar-refractivity contribution < 1.29 is 4.76 Å². The highest BCUT2D eigenvalue weighted by molar-refractivity contribution is 6.42. The first kappa shape index (κ1) is 20.7. The van der Waals surface area contributed by atoms with Gasteiger partial charge in [-0.2, -0.15) is 0 Å². The van der Waals surface area contributed by atoms with Crippen molar-refractivity contribution in [1.82, 2.24) is 0 Å². The van der Waals surface area contributed by atoms with Crippen molar-refractivity contribution in [2.75, 3.05) is 5.06 Å². The Balaban J connectivity index is 2.67. The highest BCUT2D eigenvalue weighted by atomic mass is 35.5. The molecule has 0 aromatic heterocycles. The van der Waals surface area contributed by atoms with Gasteiger partial charge in [-0.05, 0) is 50.1 Å². The third-order valence-corrected chi connectivity index (χ3v) is 4.58. The third-order valence-electron chi connectivity index (χ3n) is 3.84. The summed E-state index contributed by atoms with van der Waals surface area (Å²) in [5.74, 6) is 0. The molecule has 0 aliphatic heterocycles. The van der Waals surface area contributed by atoms with E-state index >= 15 is 0 Å². The van der Waals surface area contributed by atoms with E-state index in [0.29, 0.717) is 21.4 Å². The molecule has 0 unspecified atom stereocenters. The van der Waals surface area contributed by atoms with E-state index in [9.17, 15) is 10.1 Å². The smallest absolute Gasteiger partial charge is 0.259 e. The Labute approximate surface area is 164 Å². The van der Waals surface area contributed by atoms with Gasteiger partial charge in [0, 0.05) is 53.8 Å². The van der Waals surface area contributed by atoms with Crippen LogP contribution in [0.4, 0.5) is 11.4 Å². The molecule has 0 saturated carbocycles. The molecular weight excluding hydrogens is 371 g/mol. The summed E-state index contributed by atoms with van der Waals surface area (Å²) in [5, 5.41) is 14.5. The molecule has 0 heterocycles. The second kappa shape index (κ2) is 7.18. The van der Waals surface area contributed by atoms with E-state index in [4.69, 9.17) is 23.2 Å². The molecular formula is C20H24Cl2N2O2. The summed E-state index contributed by atoms with van der Waals surface area (Å²) in [6.45, 7) is 10.9. The van der Waals surface area contributed by atoms with Gasteiger partial charge in [0.2, 0.25) is 5.54 Å². The van der Waals surface area contributed by atoms with Crippen LogP contribution in [0.5, 0.6) is 0 Å². The molecule has 0 aliphatic rings. The summed E-state index contributed by atoms with van der Waals surface area (Å²) in [5.41, 5.74) is 1.08. The van der Waals surface area contributed by atoms with Crippen LogP contribution in [0.25, 0.3) is 11.1 Å². The topological polar surface area (TPSA) is 46.4 Å². The minimum atomic E-state index is -0.636. The van der Waals surface area contributed by atoms with Gasteiger partial charge in [-0.25, -0.2) is 0 Å². The summed E-state index contributed by atoms with van der Waals surface area (Å²) in [6.07, 6.45) is 0. The fourth-order valence-electron chi connectivity index (χ4n) is 2.45. The summed E-state index contributed by atoms with van der Waals surface area (Å²) in [7, 11) is 0. The molecule has 6 heteroatoms. The maximum absolute atomic E-state index is 12.7. The fourth-order valence-corrected chi connectivity index (χ4v) is 2.74. The van der Waals surface area contributed by atoms with Crippen molar-refractivity contribution in [3.8, 4) is 11.1 Å². The Bertz CT molecular complexity index is 837. The number of rotatable bonds is 3. The van der Waals surface area contributed by atoms with Gasteiger partial charge >= 0.3 is 0 Å². The fraction of sp³-hybridized carbons (Fsp3) is 0.400. The molecule has 0 radical (unpaired) electrons. The van der Waals surface area contributed by atoms with Gasteiger partial charge in [0.15, 0.2) is 0 Å². The molecule has 2 rings (SSSR count). The first-order valence-electron chi connectivity index (χ1n) is 8.36. The minimum Gasteiger partial charge on any atom is -0.758 e. The molecule has 0 bridgehead atoms. The van der Waals surface area contributed by atoms with Crippen LogP contribution in [0.15, 0.2) is 36.4 Å². The lowest BCUT2D eigenvalue weighted by Gasteiger charge is -2.43. The molecule has 2 aromatic rings. The van der Waals surface area contributed by atoms with Gasteiger partial charge < -0.3 is 10.3 Å². The summed E-state index contributed by atoms with van der Waals surface area (Å²) in [4.78, 5) is 12.7. The number of hydrogen-bond donors (Lipinski definition) is 0. The number of anilines is 1. The van der Waals surface area contributed by atoms with Crippen LogP contribution in [0.2, 0.25) is 10.0 Å². The van der Waals surface area contributed by atoms with Gasteiger partial charge in [-0.15, -0.1) is 0 Å². The van der Waals surface area contributed by atoms with Gasteiger partial charge in [0.05, 0.1) is 10.0 Å². The van der Waals surface area contributed by atoms with Crippen LogP contribution in [-0.2, 0) is 0 Å². The standard InChI is InChI=1S/C20H24Cl2N2O2/c1-19(2,3)23(25)15-9-14(13-7-8-17(21)18(22)11-13)10-16(12-15)24(26)20(4,5)6/h7-12H,1-6H3. The zero-order chi connectivity index (χ0) is 19.9. The average molecular weight is 395 g/mol. The highest BCUT2D eigenvalue weighted by Gasteiger charge is 2.32. The average Bonchev–Trinajstić information content (AvgIpc) is 2.53. The zero-order valence-corrected chi connectivity index (χ0v) is 17.4. The molecule has 0 aliphatic carbocycles. The predicted octanol–water partition coefficient (Wildman–Crippen LogP) is 6.97. The number of nitroso groups, excluding NO2 is 1. The monoisotopic (exact) mass is 394 g/mol. The van der Waals surface area contributed by atoms with Crippen LogP contribution in [0.3, 0.4) is 0 Å². The van der Waals surface area contributed by atoms with E-state index in [0.717, 1.165) is 21.0 Å². The lowest BCUT2D eigenvalue weighted by Crippen LogP contribution is -2.36. The summed E-state index contributed by atoms with van der Waals surface area (Å²) in [6, 6.07) is 10.4. The lowest BCUT2D eigenvalue weighted by atomic mass is 10.0. The maximum Gasteiger partial charge on any atom is 0.259 e. The van der Waals surface area contributed by atoms with E-state index in [2.05, 4.69) is 0 Å². The van der Waals surface area contributed by atoms with Gasteiger partial charge in [-0.3, -0.25) is 0 Å². The number of nitrogens with zero attached hydrogens (tertiary/aromatic N) is 2. The van der Waals surface area contributed by atoms with E-state index in [1.165, 1.54) is 0 Å². The molecule has 26 heavy (non-hydrogen) atoms. The van der Waals surface area contributed by atoms with Gasteiger partial charge in [-0.1, -0.05) is 29.3 Å². The Morgan fingerprint density at radius 3 is 2.00 bits per heavy atom. The molecule has 0 amide bonds. The lowest BCUT2D eigenvalue weighted by molar-refractivity contribution is -0.540. The molecule has 0 atom stereocenters. The van der Waals surface area contributed by atoms with Crippen LogP contribution < -0.4 is 5.06 Å². The van der Waals surface area contributed by atoms with Crippen LogP contribution in [0, 0.1) is 10.1 Å². The molecule has 2 aromatic carbocycles. The Hall–Kier alpha value is -1.62. The van der Waals surface area contributed by atoms with E-state index in [1.807, 2.05) is 47.6 Å². The van der Waals surface area contributed by atoms with Crippen molar-refractivity contribution in [3.63, 3.8) is 0 Å². The van der Waals surface area contributed by atoms with Crippen LogP contribution >= 0.6 is 23.2 Å². The molecule has 0 N–H and O–H groups in total. The molecule has 0 saturated heterocycles. The predicted molar refractivity (Wildman–Crippen MR) is 111 cm³/mol. The van der Waals surface area contributed by atoms with Crippen molar-refractivity contribution in [2.24, 2.45) is 0 Å². The Morgan fingerprint density at radius 2 is 1.50 bits per heavy atom. The number of halogens is 2. The van der Waals surface area contributed by atoms with E-state index < -0.39 is 11.1 Å². The third kappa shape index (κ3) is 4.56. The molecule has 140 valence electrons. The van der Waals surface area contributed by atoms with Crippen LogP contribution in [0.1, 0.15) is 41.5 Å². The first-order valence-corrected chi connectivity index (χ1v) is 9.11. The quantitative estimate of drug-likeness (QED) is 0.416. The van der Waals surface area contributed by atoms with Crippen molar-refractivity contribution >= 4 is 34.6 Å². The minimum absolute atomic E-state index is 0.417. The molecule has 0 spiro atoms. The highest BCUT2D eigenvalue weighted by Crippen LogP contribution is 2.36. The van der Waals surface area contributed by atoms with Crippen molar-refractivity contribution in [1.29, 1.82) is 0 Å². The molecule has 4 nitrogen and oxygen atoms in total. The normalized spacial score (nSPS) is 12.2. The molecule has 0 fully saturated rings. The zero-order valence-electron chi connectivity index (χ0n) is 15.9. The first-order chi connectivity index (χ1) is 11.8. The second-order valence-corrected chi connectivity index (χ2v) is 9.11.